The van der Waals surface area contributed by atoms with Gasteiger partial charge in [-0.15, -0.1) is 0 Å². The van der Waals surface area contributed by atoms with Crippen LogP contribution in [-0.2, 0) is 97.7 Å². The second kappa shape index (κ2) is 34.2. The summed E-state index contributed by atoms with van der Waals surface area (Å²) in [5, 5.41) is 43.3. The van der Waals surface area contributed by atoms with Crippen molar-refractivity contribution in [2.45, 2.75) is 89.5 Å². The molecule has 3 aromatic carbocycles. The van der Waals surface area contributed by atoms with E-state index in [1.807, 2.05) is 42.5 Å². The Morgan fingerprint density at radius 2 is 0.835 bits per heavy atom. The van der Waals surface area contributed by atoms with E-state index in [0.29, 0.717) is 17.7 Å². The molecular weight excluding hydrogens is 1110 g/mol. The number of carboxylic acid groups (broad SMARTS) is 2. The quantitative estimate of drug-likeness (QED) is 0.0279. The fourth-order valence-electron chi connectivity index (χ4n) is 8.26. The number of para-hydroxylation sites is 1. The third-order valence-corrected chi connectivity index (χ3v) is 12.6. The zero-order valence-electron chi connectivity index (χ0n) is 46.5. The highest BCUT2D eigenvalue weighted by molar-refractivity contribution is 5.99. The van der Waals surface area contributed by atoms with Crippen molar-refractivity contribution in [3.63, 3.8) is 0 Å². The lowest BCUT2D eigenvalue weighted by molar-refractivity contribution is -0.141. The lowest BCUT2D eigenvalue weighted by atomic mass is 9.95. The van der Waals surface area contributed by atoms with Crippen LogP contribution >= 0.6 is 0 Å². The SMILES string of the molecule is CC(C)C(NC(=O)CNC(=O)C(Cc1ccccc1)NC(=O)CNC(=O)C(CC(=O)O)NC(=O)CNC(=O)CNC(=O)CNC(=O)CNC(=O)CNC(=O)C(CC(=O)O)NC(=O)CCC(=O)N1Cc2ccccc2CCc2ccccc21)C(N)=O. The molecule has 1 aliphatic rings. The van der Waals surface area contributed by atoms with Crippen molar-refractivity contribution in [2.24, 2.45) is 11.7 Å². The van der Waals surface area contributed by atoms with Gasteiger partial charge in [0.25, 0.3) is 0 Å². The molecule has 85 heavy (non-hydrogen) atoms. The summed E-state index contributed by atoms with van der Waals surface area (Å²) in [4.78, 5) is 190. The number of rotatable bonds is 32. The highest BCUT2D eigenvalue weighted by Gasteiger charge is 2.30. The first-order chi connectivity index (χ1) is 40.4. The Bertz CT molecular complexity index is 2980. The minimum atomic E-state index is -1.77. The molecule has 0 aliphatic carbocycles. The molecule has 15 N–H and O–H groups in total. The largest absolute Gasteiger partial charge is 0.481 e. The summed E-state index contributed by atoms with van der Waals surface area (Å²) in [6, 6.07) is 17.8. The van der Waals surface area contributed by atoms with Gasteiger partial charge < -0.3 is 79.3 Å². The van der Waals surface area contributed by atoms with Crippen molar-refractivity contribution >= 4 is 94.4 Å². The van der Waals surface area contributed by atoms with Gasteiger partial charge in [0.05, 0.1) is 65.2 Å². The maximum Gasteiger partial charge on any atom is 0.305 e. The number of nitrogens with zero attached hydrogens (tertiary/aromatic N) is 1. The molecule has 456 valence electrons. The van der Waals surface area contributed by atoms with Crippen LogP contribution in [0.4, 0.5) is 5.69 Å². The lowest BCUT2D eigenvalue weighted by Crippen LogP contribution is -2.55. The summed E-state index contributed by atoms with van der Waals surface area (Å²) in [7, 11) is 0. The van der Waals surface area contributed by atoms with Gasteiger partial charge in [-0.1, -0.05) is 86.6 Å². The van der Waals surface area contributed by atoms with Crippen LogP contribution in [0.2, 0.25) is 0 Å². The van der Waals surface area contributed by atoms with Crippen LogP contribution in [-0.4, -0.2) is 169 Å². The smallest absolute Gasteiger partial charge is 0.305 e. The van der Waals surface area contributed by atoms with Gasteiger partial charge in [-0.2, -0.15) is 0 Å². The van der Waals surface area contributed by atoms with E-state index in [4.69, 9.17) is 5.73 Å². The van der Waals surface area contributed by atoms with Gasteiger partial charge in [-0.25, -0.2) is 0 Å². The molecule has 3 aromatic rings. The van der Waals surface area contributed by atoms with Crippen LogP contribution in [0.1, 0.15) is 61.8 Å². The van der Waals surface area contributed by atoms with E-state index in [0.717, 1.165) is 23.1 Å². The minimum absolute atomic E-state index is 0.0732. The molecule has 1 heterocycles. The van der Waals surface area contributed by atoms with Gasteiger partial charge >= 0.3 is 11.9 Å². The number of aryl methyl sites for hydroxylation is 2. The number of fused-ring (bicyclic) bond motifs is 2. The molecule has 0 spiro atoms. The molecule has 0 bridgehead atoms. The number of carbonyl (C=O) groups excluding carboxylic acids is 13. The molecule has 30 nitrogen and oxygen atoms in total. The maximum absolute atomic E-state index is 13.6. The molecular formula is C55H69N13O17. The summed E-state index contributed by atoms with van der Waals surface area (Å²) in [5.41, 5.74) is 9.61. The first kappa shape index (κ1) is 67.2. The van der Waals surface area contributed by atoms with E-state index in [-0.39, 0.29) is 31.2 Å². The standard InChI is InChI=1S/C55H69N13O17/c1-31(2)51(52(56)82)67-47(76)29-63-53(83)36(20-32-10-4-3-5-11-32)65-46(75)28-62-55(85)38(22-50(80)81)66-45(74)27-60-43(72)25-58-41(70)23-57-42(71)24-59-44(73)26-61-54(84)37(21-49(78)79)64-40(69)18-19-48(77)68-30-35-14-7-6-12-33(35)16-17-34-13-8-9-15-39(34)68/h3-15,31,36-38,51H,16-30H2,1-2H3,(H2,56,82)(H,57,71)(H,58,70)(H,59,73)(H,60,72)(H,61,84)(H,62,85)(H,63,83)(H,64,69)(H,65,75)(H,66,74)(H,67,76)(H,78,79)(H,80,81). The van der Waals surface area contributed by atoms with E-state index in [9.17, 15) is 82.1 Å². The molecule has 0 saturated heterocycles. The average molecular weight is 1180 g/mol. The van der Waals surface area contributed by atoms with E-state index in [2.05, 4.69) is 58.5 Å². The number of nitrogens with two attached hydrogens (primary N) is 1. The molecule has 13 amide bonds. The molecule has 0 aromatic heterocycles. The van der Waals surface area contributed by atoms with Crippen LogP contribution in [0.15, 0.2) is 78.9 Å². The Balaban J connectivity index is 1.14. The highest BCUT2D eigenvalue weighted by atomic mass is 16.4. The second-order valence-corrected chi connectivity index (χ2v) is 19.6. The second-order valence-electron chi connectivity index (χ2n) is 19.6. The number of hydrogen-bond donors (Lipinski definition) is 14. The molecule has 30 heteroatoms. The summed E-state index contributed by atoms with van der Waals surface area (Å²) < 4.78 is 0. The van der Waals surface area contributed by atoms with Crippen molar-refractivity contribution in [1.82, 2.24) is 58.5 Å². The van der Waals surface area contributed by atoms with Crippen molar-refractivity contribution in [3.05, 3.63) is 101 Å². The lowest BCUT2D eigenvalue weighted by Gasteiger charge is -2.29. The number of primary amides is 1. The number of benzene rings is 3. The van der Waals surface area contributed by atoms with E-state index >= 15 is 0 Å². The van der Waals surface area contributed by atoms with Gasteiger partial charge in [-0.05, 0) is 47.1 Å². The molecule has 1 aliphatic heterocycles. The Hall–Kier alpha value is -10.3. The summed E-state index contributed by atoms with van der Waals surface area (Å²) in [5.74, 6) is -14.7. The van der Waals surface area contributed by atoms with Crippen molar-refractivity contribution in [1.29, 1.82) is 0 Å². The van der Waals surface area contributed by atoms with Crippen molar-refractivity contribution in [2.75, 3.05) is 50.7 Å². The molecule has 4 unspecified atom stereocenters. The van der Waals surface area contributed by atoms with Crippen LogP contribution in [0.25, 0.3) is 0 Å². The third kappa shape index (κ3) is 24.4. The number of hydrogen-bond acceptors (Lipinski definition) is 15. The summed E-state index contributed by atoms with van der Waals surface area (Å²) in [6.45, 7) is -1.58. The molecule has 0 saturated carbocycles. The number of carboxylic acids is 2. The number of carbonyl (C=O) groups is 15. The Kier molecular flexibility index (Phi) is 27.1. The first-order valence-electron chi connectivity index (χ1n) is 26.7. The normalized spacial score (nSPS) is 12.8. The number of nitrogens with one attached hydrogen (secondary N) is 11. The van der Waals surface area contributed by atoms with Crippen molar-refractivity contribution < 1.29 is 82.1 Å². The maximum atomic E-state index is 13.6. The zero-order chi connectivity index (χ0) is 62.6. The number of amides is 13. The van der Waals surface area contributed by atoms with E-state index in [1.54, 1.807) is 55.1 Å². The van der Waals surface area contributed by atoms with E-state index in [1.165, 1.54) is 0 Å². The molecule has 4 rings (SSSR count). The fourth-order valence-corrected chi connectivity index (χ4v) is 8.26. The predicted octanol–water partition coefficient (Wildman–Crippen LogP) is -4.82. The molecule has 0 radical (unpaired) electrons. The van der Waals surface area contributed by atoms with Crippen LogP contribution < -0.4 is 69.1 Å². The topological polar surface area (TPSA) is 458 Å². The number of anilines is 1. The van der Waals surface area contributed by atoms with Crippen LogP contribution in [0.5, 0.6) is 0 Å². The van der Waals surface area contributed by atoms with Crippen molar-refractivity contribution in [3.8, 4) is 0 Å². The van der Waals surface area contributed by atoms with Gasteiger partial charge in [0.2, 0.25) is 76.8 Å². The predicted molar refractivity (Wildman–Crippen MR) is 298 cm³/mol. The van der Waals surface area contributed by atoms with Gasteiger partial charge in [0, 0.05) is 24.9 Å². The van der Waals surface area contributed by atoms with Gasteiger partial charge in [0.15, 0.2) is 0 Å². The van der Waals surface area contributed by atoms with Crippen LogP contribution in [0.3, 0.4) is 0 Å². The summed E-state index contributed by atoms with van der Waals surface area (Å²) >= 11 is 0. The average Bonchev–Trinajstić information content (AvgIpc) is 2.57. The van der Waals surface area contributed by atoms with Crippen LogP contribution in [0, 0.1) is 5.92 Å². The Morgan fingerprint density at radius 3 is 1.33 bits per heavy atom. The van der Waals surface area contributed by atoms with Gasteiger partial charge in [0.1, 0.15) is 24.2 Å². The van der Waals surface area contributed by atoms with Gasteiger partial charge in [-0.3, -0.25) is 71.9 Å². The zero-order valence-corrected chi connectivity index (χ0v) is 46.5. The van der Waals surface area contributed by atoms with E-state index < -0.39 is 172 Å². The third-order valence-electron chi connectivity index (χ3n) is 12.6. The minimum Gasteiger partial charge on any atom is -0.481 e. The summed E-state index contributed by atoms with van der Waals surface area (Å²) in [6.07, 6.45) is -1.12. The fraction of sp³-hybridized carbons (Fsp3) is 0.400. The number of aliphatic carboxylic acids is 2. The molecule has 4 atom stereocenters. The first-order valence-corrected chi connectivity index (χ1v) is 26.7. The Labute approximate surface area is 486 Å². The monoisotopic (exact) mass is 1180 g/mol. The highest BCUT2D eigenvalue weighted by Crippen LogP contribution is 2.29. The Morgan fingerprint density at radius 1 is 0.447 bits per heavy atom. The molecule has 0 fully saturated rings.